The lowest BCUT2D eigenvalue weighted by atomic mass is 9.95. The number of nitrogens with zero attached hydrogens (tertiary/aromatic N) is 2. The fraction of sp³-hybridized carbons (Fsp3) is 0.441. The third-order valence-corrected chi connectivity index (χ3v) is 5.67. The van der Waals surface area contributed by atoms with Gasteiger partial charge in [-0.15, -0.1) is 0 Å². The molecule has 0 fully saturated rings. The summed E-state index contributed by atoms with van der Waals surface area (Å²) in [5.41, 5.74) is 17.6. The molecule has 0 bridgehead atoms. The molecule has 4 N–H and O–H groups in total. The Kier molecular flexibility index (Phi) is 13.4. The van der Waals surface area contributed by atoms with E-state index >= 15 is 0 Å². The number of aliphatic imine (C=N–C) groups is 1. The van der Waals surface area contributed by atoms with Crippen molar-refractivity contribution >= 4 is 6.21 Å². The van der Waals surface area contributed by atoms with Crippen LogP contribution in [0.1, 0.15) is 80.8 Å². The molecule has 0 aliphatic heterocycles. The Morgan fingerprint density at radius 3 is 1.74 bits per heavy atom. The van der Waals surface area contributed by atoms with Gasteiger partial charge in [0.15, 0.2) is 0 Å². The van der Waals surface area contributed by atoms with Gasteiger partial charge in [-0.3, -0.25) is 9.89 Å². The molecule has 0 radical (unpaired) electrons. The van der Waals surface area contributed by atoms with E-state index in [4.69, 9.17) is 16.5 Å². The monoisotopic (exact) mass is 508 g/mol. The van der Waals surface area contributed by atoms with Crippen molar-refractivity contribution in [1.29, 1.82) is 0 Å². The smallest absolute Gasteiger partial charge is 0.0517 e. The van der Waals surface area contributed by atoms with Crippen molar-refractivity contribution in [2.45, 2.75) is 47.5 Å². The van der Waals surface area contributed by atoms with Gasteiger partial charge in [0.25, 0.3) is 0 Å². The molecule has 0 aliphatic rings. The van der Waals surface area contributed by atoms with Crippen LogP contribution in [0.2, 0.25) is 0 Å². The first-order valence-corrected chi connectivity index (χ1v) is 13.7. The Bertz CT molecular complexity index is 1200. The molecule has 2 rings (SSSR count). The molecule has 200 valence electrons. The van der Waals surface area contributed by atoms with Gasteiger partial charge in [0, 0.05) is 73.0 Å². The van der Waals surface area contributed by atoms with E-state index in [2.05, 4.69) is 100 Å². The van der Waals surface area contributed by atoms with Crippen LogP contribution in [0.5, 0.6) is 0 Å². The number of benzene rings is 2. The highest BCUT2D eigenvalue weighted by Crippen LogP contribution is 2.20. The summed E-state index contributed by atoms with van der Waals surface area (Å²) in [6.45, 7) is 17.2. The molecule has 0 aromatic heterocycles. The molecule has 0 spiro atoms. The van der Waals surface area contributed by atoms with Crippen LogP contribution in [0.4, 0.5) is 0 Å². The van der Waals surface area contributed by atoms with Crippen LogP contribution in [-0.2, 0) is 0 Å². The highest BCUT2D eigenvalue weighted by Gasteiger charge is 2.06. The molecule has 38 heavy (non-hydrogen) atoms. The standard InChI is InChI=1S/C34H44N4/c1-26(2)7-9-30-21-31(10-8-27(3)4)23-32(22-30)12-11-29-13-14-34(28(5)6)33(24-29)25-37-17-20-38(18-15-35)19-16-36/h13-14,21-28H,15-20,35-36H2,1-6H3. The molecule has 2 aromatic carbocycles. The fourth-order valence-corrected chi connectivity index (χ4v) is 3.80. The number of nitrogens with two attached hydrogens (primary N) is 2. The van der Waals surface area contributed by atoms with E-state index in [-0.39, 0.29) is 0 Å². The molecule has 0 amide bonds. The summed E-state index contributed by atoms with van der Waals surface area (Å²) in [6.07, 6.45) is 1.98. The molecular weight excluding hydrogens is 464 g/mol. The molecule has 0 atom stereocenters. The highest BCUT2D eigenvalue weighted by atomic mass is 15.1. The van der Waals surface area contributed by atoms with Crippen LogP contribution in [-0.4, -0.2) is 50.4 Å². The van der Waals surface area contributed by atoms with Gasteiger partial charge in [-0.2, -0.15) is 0 Å². The first-order chi connectivity index (χ1) is 18.2. The summed E-state index contributed by atoms with van der Waals surface area (Å²) in [5, 5.41) is 0. The second-order valence-electron chi connectivity index (χ2n) is 10.3. The minimum absolute atomic E-state index is 0.305. The normalized spacial score (nSPS) is 10.9. The van der Waals surface area contributed by atoms with Gasteiger partial charge in [-0.25, -0.2) is 0 Å². The highest BCUT2D eigenvalue weighted by molar-refractivity contribution is 5.83. The van der Waals surface area contributed by atoms with Crippen LogP contribution in [0.25, 0.3) is 0 Å². The topological polar surface area (TPSA) is 67.6 Å². The lowest BCUT2D eigenvalue weighted by Gasteiger charge is -2.19. The molecule has 0 heterocycles. The Morgan fingerprint density at radius 1 is 0.711 bits per heavy atom. The SMILES string of the molecule is CC(C)C#Cc1cc(C#Cc2ccc(C(C)C)c(C=NCCN(CCN)CCN)c2)cc(C#CC(C)C)c1. The van der Waals surface area contributed by atoms with Gasteiger partial charge in [0.05, 0.1) is 6.54 Å². The molecule has 0 aliphatic carbocycles. The second kappa shape index (κ2) is 16.5. The minimum Gasteiger partial charge on any atom is -0.329 e. The first kappa shape index (κ1) is 30.9. The van der Waals surface area contributed by atoms with Crippen LogP contribution in [0.3, 0.4) is 0 Å². The summed E-state index contributed by atoms with van der Waals surface area (Å²) < 4.78 is 0. The van der Waals surface area contributed by atoms with E-state index in [9.17, 15) is 0 Å². The fourth-order valence-electron chi connectivity index (χ4n) is 3.80. The summed E-state index contributed by atoms with van der Waals surface area (Å²) in [6, 6.07) is 12.5. The third-order valence-electron chi connectivity index (χ3n) is 5.67. The van der Waals surface area contributed by atoms with Crippen molar-refractivity contribution in [3.05, 3.63) is 69.8 Å². The van der Waals surface area contributed by atoms with E-state index in [1.807, 2.05) is 24.4 Å². The predicted molar refractivity (Wildman–Crippen MR) is 163 cm³/mol. The second-order valence-corrected chi connectivity index (χ2v) is 10.3. The maximum Gasteiger partial charge on any atom is 0.0517 e. The van der Waals surface area contributed by atoms with Crippen LogP contribution in [0, 0.1) is 47.4 Å². The molecular formula is C34H44N4. The largest absolute Gasteiger partial charge is 0.329 e. The molecule has 0 saturated heterocycles. The minimum atomic E-state index is 0.305. The summed E-state index contributed by atoms with van der Waals surface area (Å²) in [5.74, 6) is 20.7. The van der Waals surface area contributed by atoms with Crippen LogP contribution in [0.15, 0.2) is 41.4 Å². The van der Waals surface area contributed by atoms with E-state index in [0.29, 0.717) is 37.4 Å². The Labute approximate surface area is 231 Å². The molecule has 0 saturated carbocycles. The molecule has 0 unspecified atom stereocenters. The van der Waals surface area contributed by atoms with Crippen molar-refractivity contribution in [3.8, 4) is 35.5 Å². The van der Waals surface area contributed by atoms with E-state index < -0.39 is 0 Å². The van der Waals surface area contributed by atoms with Crippen molar-refractivity contribution in [1.82, 2.24) is 4.90 Å². The summed E-state index contributed by atoms with van der Waals surface area (Å²) in [7, 11) is 0. The lowest BCUT2D eigenvalue weighted by molar-refractivity contribution is 0.297. The zero-order chi connectivity index (χ0) is 27.9. The van der Waals surface area contributed by atoms with Gasteiger partial charge in [-0.1, -0.05) is 83.1 Å². The van der Waals surface area contributed by atoms with Gasteiger partial charge in [-0.05, 0) is 47.4 Å². The zero-order valence-electron chi connectivity index (χ0n) is 24.1. The van der Waals surface area contributed by atoms with Gasteiger partial charge >= 0.3 is 0 Å². The Balaban J connectivity index is 2.34. The van der Waals surface area contributed by atoms with E-state index in [0.717, 1.165) is 47.5 Å². The number of hydrogen-bond acceptors (Lipinski definition) is 4. The van der Waals surface area contributed by atoms with Crippen molar-refractivity contribution in [2.75, 3.05) is 39.3 Å². The van der Waals surface area contributed by atoms with E-state index in [1.54, 1.807) is 0 Å². The van der Waals surface area contributed by atoms with Gasteiger partial charge < -0.3 is 11.5 Å². The molecule has 2 aromatic rings. The van der Waals surface area contributed by atoms with E-state index in [1.165, 1.54) is 5.56 Å². The summed E-state index contributed by atoms with van der Waals surface area (Å²) in [4.78, 5) is 6.97. The third kappa shape index (κ3) is 11.4. The lowest BCUT2D eigenvalue weighted by Crippen LogP contribution is -2.35. The molecule has 4 heteroatoms. The predicted octanol–water partition coefficient (Wildman–Crippen LogP) is 4.86. The van der Waals surface area contributed by atoms with Crippen molar-refractivity contribution in [3.63, 3.8) is 0 Å². The van der Waals surface area contributed by atoms with Gasteiger partial charge in [0.1, 0.15) is 0 Å². The zero-order valence-corrected chi connectivity index (χ0v) is 24.1. The van der Waals surface area contributed by atoms with Crippen LogP contribution >= 0.6 is 0 Å². The van der Waals surface area contributed by atoms with Crippen molar-refractivity contribution in [2.24, 2.45) is 28.3 Å². The van der Waals surface area contributed by atoms with Crippen molar-refractivity contribution < 1.29 is 0 Å². The maximum absolute atomic E-state index is 5.72. The quantitative estimate of drug-likeness (QED) is 0.375. The number of rotatable bonds is 9. The average Bonchev–Trinajstić information content (AvgIpc) is 2.87. The van der Waals surface area contributed by atoms with Crippen LogP contribution < -0.4 is 11.5 Å². The average molecular weight is 509 g/mol. The summed E-state index contributed by atoms with van der Waals surface area (Å²) >= 11 is 0. The first-order valence-electron chi connectivity index (χ1n) is 13.7. The number of hydrogen-bond donors (Lipinski definition) is 2. The van der Waals surface area contributed by atoms with Gasteiger partial charge in [0.2, 0.25) is 0 Å². The maximum atomic E-state index is 5.72. The Morgan fingerprint density at radius 2 is 1.24 bits per heavy atom. The Hall–Kier alpha value is -3.33. The molecule has 4 nitrogen and oxygen atoms in total.